The van der Waals surface area contributed by atoms with Crippen molar-refractivity contribution in [1.29, 1.82) is 0 Å². The highest BCUT2D eigenvalue weighted by Crippen LogP contribution is 2.21. The zero-order chi connectivity index (χ0) is 11.9. The summed E-state index contributed by atoms with van der Waals surface area (Å²) in [6.45, 7) is 3.72. The lowest BCUT2D eigenvalue weighted by Gasteiger charge is -2.25. The lowest BCUT2D eigenvalue weighted by atomic mass is 10.0. The van der Waals surface area contributed by atoms with Gasteiger partial charge in [0.25, 0.3) is 5.91 Å². The second-order valence-electron chi connectivity index (χ2n) is 3.67. The third-order valence-corrected chi connectivity index (χ3v) is 2.62. The third kappa shape index (κ3) is 1.44. The monoisotopic (exact) mass is 221 g/mol. The molecule has 2 heterocycles. The zero-order valence-electron chi connectivity index (χ0n) is 9.07. The Morgan fingerprint density at radius 2 is 2.06 bits per heavy atom. The van der Waals surface area contributed by atoms with Gasteiger partial charge in [-0.05, 0) is 19.4 Å². The summed E-state index contributed by atoms with van der Waals surface area (Å²) in [4.78, 5) is 35.8. The average molecular weight is 221 g/mol. The third-order valence-electron chi connectivity index (χ3n) is 2.62. The zero-order valence-corrected chi connectivity index (χ0v) is 9.07. The predicted molar refractivity (Wildman–Crippen MR) is 55.1 cm³/mol. The fourth-order valence-electron chi connectivity index (χ4n) is 1.88. The van der Waals surface area contributed by atoms with Gasteiger partial charge in [0.05, 0.1) is 12.0 Å². The molecule has 0 unspecified atom stereocenters. The smallest absolute Gasteiger partial charge is 0.336 e. The van der Waals surface area contributed by atoms with Gasteiger partial charge in [-0.1, -0.05) is 0 Å². The Morgan fingerprint density at radius 1 is 1.38 bits per heavy atom. The maximum Gasteiger partial charge on any atom is 0.336 e. The quantitative estimate of drug-likeness (QED) is 0.647. The van der Waals surface area contributed by atoms with Crippen molar-refractivity contribution in [3.8, 4) is 0 Å². The molecule has 1 aliphatic heterocycles. The van der Waals surface area contributed by atoms with E-state index in [0.717, 1.165) is 4.90 Å². The topological polar surface area (TPSA) is 67.6 Å². The maximum atomic E-state index is 11.9. The Hall–Kier alpha value is -1.91. The average Bonchev–Trinajstić information content (AvgIpc) is 2.15. The molecule has 2 amide bonds. The number of carbonyl (C=O) groups is 2. The lowest BCUT2D eigenvalue weighted by molar-refractivity contribution is -0.128. The molecule has 16 heavy (non-hydrogen) atoms. The molecule has 1 aliphatic rings. The van der Waals surface area contributed by atoms with E-state index in [1.54, 1.807) is 13.8 Å². The van der Waals surface area contributed by atoms with Crippen LogP contribution in [0.5, 0.6) is 0 Å². The molecule has 0 bridgehead atoms. The molecular formula is C11H11NO4. The normalized spacial score (nSPS) is 15.2. The number of carbonyl (C=O) groups excluding carboxylic acids is 2. The van der Waals surface area contributed by atoms with Crippen LogP contribution in [0.2, 0.25) is 0 Å². The van der Waals surface area contributed by atoms with Gasteiger partial charge >= 0.3 is 5.63 Å². The van der Waals surface area contributed by atoms with Gasteiger partial charge in [-0.15, -0.1) is 0 Å². The number of likely N-dealkylation sites (N-methyl/N-ethyl adjacent to an activating group) is 1. The van der Waals surface area contributed by atoms with Crippen LogP contribution in [0.15, 0.2) is 15.3 Å². The van der Waals surface area contributed by atoms with Crippen molar-refractivity contribution in [2.24, 2.45) is 0 Å². The van der Waals surface area contributed by atoms with Gasteiger partial charge in [0.1, 0.15) is 5.76 Å². The number of hydrogen-bond acceptors (Lipinski definition) is 4. The van der Waals surface area contributed by atoms with Gasteiger partial charge in [0.15, 0.2) is 0 Å². The van der Waals surface area contributed by atoms with E-state index < -0.39 is 5.63 Å². The van der Waals surface area contributed by atoms with E-state index in [1.807, 2.05) is 0 Å². The van der Waals surface area contributed by atoms with Crippen molar-refractivity contribution in [3.63, 3.8) is 0 Å². The van der Waals surface area contributed by atoms with Gasteiger partial charge in [0, 0.05) is 12.6 Å². The van der Waals surface area contributed by atoms with E-state index in [2.05, 4.69) is 0 Å². The van der Waals surface area contributed by atoms with Crippen LogP contribution in [0.1, 0.15) is 28.6 Å². The highest BCUT2D eigenvalue weighted by molar-refractivity contribution is 6.09. The summed E-state index contributed by atoms with van der Waals surface area (Å²) < 4.78 is 4.89. The molecule has 0 spiro atoms. The Bertz CT molecular complexity index is 529. The van der Waals surface area contributed by atoms with E-state index in [-0.39, 0.29) is 24.0 Å². The van der Waals surface area contributed by atoms with Crippen molar-refractivity contribution >= 4 is 11.8 Å². The summed E-state index contributed by atoms with van der Waals surface area (Å²) in [7, 11) is 0. The van der Waals surface area contributed by atoms with Gasteiger partial charge in [-0.2, -0.15) is 0 Å². The van der Waals surface area contributed by atoms with Crippen molar-refractivity contribution < 1.29 is 14.0 Å². The molecule has 2 rings (SSSR count). The maximum absolute atomic E-state index is 11.9. The number of hydrogen-bond donors (Lipinski definition) is 0. The minimum absolute atomic E-state index is 0.0220. The van der Waals surface area contributed by atoms with E-state index in [0.29, 0.717) is 17.7 Å². The fourth-order valence-corrected chi connectivity index (χ4v) is 1.88. The summed E-state index contributed by atoms with van der Waals surface area (Å²) in [5, 5.41) is 0. The summed E-state index contributed by atoms with van der Waals surface area (Å²) >= 11 is 0. The van der Waals surface area contributed by atoms with E-state index in [9.17, 15) is 14.4 Å². The molecule has 0 aliphatic carbocycles. The molecule has 0 aromatic carbocycles. The first-order valence-corrected chi connectivity index (χ1v) is 5.03. The van der Waals surface area contributed by atoms with Crippen molar-refractivity contribution in [2.75, 3.05) is 6.54 Å². The lowest BCUT2D eigenvalue weighted by Crippen LogP contribution is -2.42. The number of imide groups is 1. The molecule has 5 heteroatoms. The Morgan fingerprint density at radius 3 is 2.69 bits per heavy atom. The van der Waals surface area contributed by atoms with E-state index >= 15 is 0 Å². The molecule has 0 saturated carbocycles. The predicted octanol–water partition coefficient (Wildman–Crippen LogP) is 0.493. The number of fused-ring (bicyclic) bond motifs is 1. The highest BCUT2D eigenvalue weighted by Gasteiger charge is 2.33. The van der Waals surface area contributed by atoms with Gasteiger partial charge < -0.3 is 4.42 Å². The van der Waals surface area contributed by atoms with E-state index in [4.69, 9.17) is 4.42 Å². The standard InChI is InChI=1S/C11H11NO4/c1-3-12-8(13)5-7-10(11(12)15)6(2)4-9(14)16-7/h4H,3,5H2,1-2H3. The molecule has 1 aromatic rings. The van der Waals surface area contributed by atoms with Gasteiger partial charge in [-0.25, -0.2) is 4.79 Å². The van der Waals surface area contributed by atoms with Crippen molar-refractivity contribution in [1.82, 2.24) is 4.90 Å². The van der Waals surface area contributed by atoms with Crippen molar-refractivity contribution in [2.45, 2.75) is 20.3 Å². The number of aryl methyl sites for hydroxylation is 1. The summed E-state index contributed by atoms with van der Waals surface area (Å²) in [6.07, 6.45) is -0.0220. The molecule has 84 valence electrons. The molecule has 5 nitrogen and oxygen atoms in total. The summed E-state index contributed by atoms with van der Waals surface area (Å²) in [5.41, 5.74) is 0.380. The van der Waals surface area contributed by atoms with Crippen LogP contribution in [0, 0.1) is 6.92 Å². The van der Waals surface area contributed by atoms with Gasteiger partial charge in [0.2, 0.25) is 5.91 Å². The van der Waals surface area contributed by atoms with Crippen LogP contribution in [-0.4, -0.2) is 23.3 Å². The first kappa shape index (κ1) is 10.6. The Kier molecular flexibility index (Phi) is 2.38. The molecule has 0 radical (unpaired) electrons. The Labute approximate surface area is 91.7 Å². The second kappa shape index (κ2) is 3.59. The summed E-state index contributed by atoms with van der Waals surface area (Å²) in [5.74, 6) is -0.520. The molecular weight excluding hydrogens is 210 g/mol. The largest absolute Gasteiger partial charge is 0.426 e. The van der Waals surface area contributed by atoms with Gasteiger partial charge in [-0.3, -0.25) is 14.5 Å². The van der Waals surface area contributed by atoms with Crippen molar-refractivity contribution in [3.05, 3.63) is 33.4 Å². The fraction of sp³-hybridized carbons (Fsp3) is 0.364. The first-order chi connectivity index (χ1) is 7.54. The van der Waals surface area contributed by atoms with Crippen LogP contribution >= 0.6 is 0 Å². The van der Waals surface area contributed by atoms with E-state index in [1.165, 1.54) is 6.07 Å². The molecule has 0 saturated heterocycles. The van der Waals surface area contributed by atoms with Crippen LogP contribution in [0.3, 0.4) is 0 Å². The number of amides is 2. The minimum atomic E-state index is -0.526. The first-order valence-electron chi connectivity index (χ1n) is 5.03. The molecule has 0 N–H and O–H groups in total. The van der Waals surface area contributed by atoms with Crippen LogP contribution in [0.4, 0.5) is 0 Å². The minimum Gasteiger partial charge on any atom is -0.426 e. The SMILES string of the molecule is CCN1C(=O)Cc2oc(=O)cc(C)c2C1=O. The van der Waals surface area contributed by atoms with Crippen LogP contribution in [-0.2, 0) is 11.2 Å². The molecule has 0 atom stereocenters. The second-order valence-corrected chi connectivity index (χ2v) is 3.67. The highest BCUT2D eigenvalue weighted by atomic mass is 16.4. The number of rotatable bonds is 1. The molecule has 0 fully saturated rings. The van der Waals surface area contributed by atoms with Crippen LogP contribution in [0.25, 0.3) is 0 Å². The summed E-state index contributed by atoms with van der Waals surface area (Å²) in [6, 6.07) is 1.26. The molecule has 1 aromatic heterocycles. The number of nitrogens with zero attached hydrogens (tertiary/aromatic N) is 1. The Balaban J connectivity index is 2.64. The van der Waals surface area contributed by atoms with Crippen LogP contribution < -0.4 is 5.63 Å².